The summed E-state index contributed by atoms with van der Waals surface area (Å²) >= 11 is 0. The fourth-order valence-corrected chi connectivity index (χ4v) is 1.66. The molecule has 1 aliphatic rings. The molecule has 0 aliphatic carbocycles. The molecule has 0 saturated carbocycles. The van der Waals surface area contributed by atoms with Gasteiger partial charge in [0.15, 0.2) is 0 Å². The van der Waals surface area contributed by atoms with Gasteiger partial charge in [0.1, 0.15) is 0 Å². The molecule has 1 rings (SSSR count). The molecule has 0 aromatic carbocycles. The Kier molecular flexibility index (Phi) is 4.18. The van der Waals surface area contributed by atoms with E-state index in [1.807, 2.05) is 0 Å². The van der Waals surface area contributed by atoms with E-state index in [1.165, 1.54) is 0 Å². The Morgan fingerprint density at radius 1 is 1.69 bits per heavy atom. The predicted molar refractivity (Wildman–Crippen MR) is 48.7 cm³/mol. The highest BCUT2D eigenvalue weighted by Crippen LogP contribution is 2.11. The van der Waals surface area contributed by atoms with Crippen molar-refractivity contribution in [2.24, 2.45) is 0 Å². The van der Waals surface area contributed by atoms with Crippen molar-refractivity contribution in [3.8, 4) is 0 Å². The minimum absolute atomic E-state index is 0.241. The maximum Gasteiger partial charge on any atom is 0.303 e. The Balaban J connectivity index is 2.31. The van der Waals surface area contributed by atoms with Gasteiger partial charge in [-0.3, -0.25) is 9.69 Å². The Morgan fingerprint density at radius 2 is 2.46 bits per heavy atom. The van der Waals surface area contributed by atoms with E-state index in [2.05, 4.69) is 11.8 Å². The van der Waals surface area contributed by atoms with Gasteiger partial charge in [0.2, 0.25) is 0 Å². The zero-order valence-electron chi connectivity index (χ0n) is 8.03. The van der Waals surface area contributed by atoms with Gasteiger partial charge >= 0.3 is 5.97 Å². The number of nitrogens with zero attached hydrogens (tertiary/aromatic N) is 1. The van der Waals surface area contributed by atoms with Crippen molar-refractivity contribution in [1.82, 2.24) is 4.90 Å². The van der Waals surface area contributed by atoms with Gasteiger partial charge in [0.05, 0.1) is 13.2 Å². The van der Waals surface area contributed by atoms with Crippen LogP contribution in [0.3, 0.4) is 0 Å². The molecule has 1 fully saturated rings. The molecule has 1 heterocycles. The lowest BCUT2D eigenvalue weighted by molar-refractivity contribution is -0.137. The van der Waals surface area contributed by atoms with Crippen molar-refractivity contribution in [3.05, 3.63) is 0 Å². The number of hydrogen-bond acceptors (Lipinski definition) is 3. The number of morpholine rings is 1. The quantitative estimate of drug-likeness (QED) is 0.699. The number of carbonyl (C=O) groups is 1. The normalized spacial score (nSPS) is 24.5. The summed E-state index contributed by atoms with van der Waals surface area (Å²) in [6, 6.07) is 0.301. The maximum absolute atomic E-state index is 10.4. The first-order chi connectivity index (χ1) is 6.24. The van der Waals surface area contributed by atoms with Gasteiger partial charge in [-0.1, -0.05) is 6.92 Å². The zero-order chi connectivity index (χ0) is 9.68. The Hall–Kier alpha value is -0.610. The van der Waals surface area contributed by atoms with Crippen molar-refractivity contribution >= 4 is 5.97 Å². The lowest BCUT2D eigenvalue weighted by atomic mass is 10.1. The highest BCUT2D eigenvalue weighted by atomic mass is 16.5. The first-order valence-corrected chi connectivity index (χ1v) is 4.77. The van der Waals surface area contributed by atoms with Gasteiger partial charge < -0.3 is 9.84 Å². The molecule has 1 saturated heterocycles. The molecule has 0 unspecified atom stereocenters. The van der Waals surface area contributed by atoms with E-state index < -0.39 is 5.97 Å². The Bertz CT molecular complexity index is 172. The van der Waals surface area contributed by atoms with Crippen LogP contribution in [0.2, 0.25) is 0 Å². The standard InChI is InChI=1S/C9H17NO3/c1-2-10-5-6-13-7-8(10)3-4-9(11)12/h8H,2-7H2,1H3,(H,11,12)/t8-/m0/s1. The summed E-state index contributed by atoms with van der Waals surface area (Å²) in [6.45, 7) is 5.46. The molecule has 0 spiro atoms. The van der Waals surface area contributed by atoms with Gasteiger partial charge in [-0.25, -0.2) is 0 Å². The van der Waals surface area contributed by atoms with Gasteiger partial charge in [-0.15, -0.1) is 0 Å². The number of rotatable bonds is 4. The van der Waals surface area contributed by atoms with Crippen molar-refractivity contribution < 1.29 is 14.6 Å². The van der Waals surface area contributed by atoms with Gasteiger partial charge in [0.25, 0.3) is 0 Å². The molecular weight excluding hydrogens is 170 g/mol. The molecule has 4 nitrogen and oxygen atoms in total. The lowest BCUT2D eigenvalue weighted by Crippen LogP contribution is -2.45. The highest BCUT2D eigenvalue weighted by molar-refractivity contribution is 5.66. The van der Waals surface area contributed by atoms with Gasteiger partial charge in [0, 0.05) is 19.0 Å². The Morgan fingerprint density at radius 3 is 3.08 bits per heavy atom. The number of likely N-dealkylation sites (N-methyl/N-ethyl adjacent to an activating group) is 1. The minimum atomic E-state index is -0.721. The number of aliphatic carboxylic acids is 1. The summed E-state index contributed by atoms with van der Waals surface area (Å²) in [4.78, 5) is 12.7. The molecule has 13 heavy (non-hydrogen) atoms. The summed E-state index contributed by atoms with van der Waals surface area (Å²) in [5.41, 5.74) is 0. The number of ether oxygens (including phenoxy) is 1. The van der Waals surface area contributed by atoms with Gasteiger partial charge in [-0.2, -0.15) is 0 Å². The fraction of sp³-hybridized carbons (Fsp3) is 0.889. The predicted octanol–water partition coefficient (Wildman–Crippen LogP) is 0.572. The van der Waals surface area contributed by atoms with Crippen LogP contribution < -0.4 is 0 Å². The van der Waals surface area contributed by atoms with E-state index in [-0.39, 0.29) is 6.42 Å². The van der Waals surface area contributed by atoms with Crippen molar-refractivity contribution in [3.63, 3.8) is 0 Å². The van der Waals surface area contributed by atoms with E-state index in [0.717, 1.165) is 19.7 Å². The summed E-state index contributed by atoms with van der Waals surface area (Å²) in [6.07, 6.45) is 0.938. The van der Waals surface area contributed by atoms with Crippen LogP contribution in [0.1, 0.15) is 19.8 Å². The van der Waals surface area contributed by atoms with Crippen LogP contribution in [0, 0.1) is 0 Å². The van der Waals surface area contributed by atoms with E-state index in [1.54, 1.807) is 0 Å². The number of carboxylic acids is 1. The molecule has 0 aromatic heterocycles. The molecule has 1 N–H and O–H groups in total. The van der Waals surface area contributed by atoms with E-state index in [9.17, 15) is 4.79 Å². The van der Waals surface area contributed by atoms with Crippen LogP contribution in [0.4, 0.5) is 0 Å². The largest absolute Gasteiger partial charge is 0.481 e. The van der Waals surface area contributed by atoms with E-state index >= 15 is 0 Å². The molecule has 4 heteroatoms. The molecule has 76 valence electrons. The molecule has 0 bridgehead atoms. The second kappa shape index (κ2) is 5.19. The third kappa shape index (κ3) is 3.32. The molecule has 0 aromatic rings. The smallest absolute Gasteiger partial charge is 0.303 e. The minimum Gasteiger partial charge on any atom is -0.481 e. The Labute approximate surface area is 78.5 Å². The van der Waals surface area contributed by atoms with Gasteiger partial charge in [-0.05, 0) is 13.0 Å². The van der Waals surface area contributed by atoms with E-state index in [4.69, 9.17) is 9.84 Å². The highest BCUT2D eigenvalue weighted by Gasteiger charge is 2.21. The molecule has 1 atom stereocenters. The monoisotopic (exact) mass is 187 g/mol. The molecule has 1 aliphatic heterocycles. The first-order valence-electron chi connectivity index (χ1n) is 4.77. The first kappa shape index (κ1) is 10.5. The second-order valence-corrected chi connectivity index (χ2v) is 3.29. The lowest BCUT2D eigenvalue weighted by Gasteiger charge is -2.34. The third-order valence-electron chi connectivity index (χ3n) is 2.45. The average Bonchev–Trinajstić information content (AvgIpc) is 2.15. The molecule has 0 radical (unpaired) electrons. The third-order valence-corrected chi connectivity index (χ3v) is 2.45. The summed E-state index contributed by atoms with van der Waals surface area (Å²) in [7, 11) is 0. The summed E-state index contributed by atoms with van der Waals surface area (Å²) in [5.74, 6) is -0.721. The number of hydrogen-bond donors (Lipinski definition) is 1. The second-order valence-electron chi connectivity index (χ2n) is 3.29. The maximum atomic E-state index is 10.4. The van der Waals surface area contributed by atoms with Crippen LogP contribution in [-0.4, -0.2) is 48.3 Å². The molecule has 0 amide bonds. The number of carboxylic acid groups (broad SMARTS) is 1. The summed E-state index contributed by atoms with van der Waals surface area (Å²) in [5, 5.41) is 8.54. The van der Waals surface area contributed by atoms with Crippen LogP contribution >= 0.6 is 0 Å². The average molecular weight is 187 g/mol. The topological polar surface area (TPSA) is 49.8 Å². The van der Waals surface area contributed by atoms with Crippen LogP contribution in [0.5, 0.6) is 0 Å². The van der Waals surface area contributed by atoms with Crippen LogP contribution in [0.15, 0.2) is 0 Å². The van der Waals surface area contributed by atoms with Crippen molar-refractivity contribution in [1.29, 1.82) is 0 Å². The van der Waals surface area contributed by atoms with Crippen LogP contribution in [0.25, 0.3) is 0 Å². The van der Waals surface area contributed by atoms with Crippen molar-refractivity contribution in [2.75, 3.05) is 26.3 Å². The summed E-state index contributed by atoms with van der Waals surface area (Å²) < 4.78 is 5.31. The van der Waals surface area contributed by atoms with Crippen molar-refractivity contribution in [2.45, 2.75) is 25.8 Å². The fourth-order valence-electron chi connectivity index (χ4n) is 1.66. The SMILES string of the molecule is CCN1CCOC[C@@H]1CCC(=O)O. The molecular formula is C9H17NO3. The van der Waals surface area contributed by atoms with Crippen LogP contribution in [-0.2, 0) is 9.53 Å². The zero-order valence-corrected chi connectivity index (χ0v) is 8.03. The van der Waals surface area contributed by atoms with E-state index in [0.29, 0.717) is 19.1 Å².